The Morgan fingerprint density at radius 2 is 1.97 bits per heavy atom. The number of ether oxygens (including phenoxy) is 1. The first-order valence-electron chi connectivity index (χ1n) is 11.9. The fraction of sp³-hybridized carbons (Fsp3) is 0.600. The Morgan fingerprint density at radius 3 is 2.66 bits per heavy atom. The van der Waals surface area contributed by atoms with Gasteiger partial charge in [0.2, 0.25) is 0 Å². The van der Waals surface area contributed by atoms with Crippen LogP contribution in [0.5, 0.6) is 0 Å². The lowest BCUT2D eigenvalue weighted by molar-refractivity contribution is 0.0369. The minimum atomic E-state index is 0.0600. The Hall–Kier alpha value is -1.96. The van der Waals surface area contributed by atoms with Gasteiger partial charge in [0.1, 0.15) is 0 Å². The van der Waals surface area contributed by atoms with E-state index in [1.807, 2.05) is 12.3 Å². The molecule has 2 aromatic heterocycles. The number of hydrogen-bond acceptors (Lipinski definition) is 4. The molecular weight excluding hydrogens is 418 g/mol. The molecule has 174 valence electrons. The smallest absolute Gasteiger partial charge is 0.170 e. The van der Waals surface area contributed by atoms with E-state index < -0.39 is 0 Å². The van der Waals surface area contributed by atoms with Crippen LogP contribution in [0.4, 0.5) is 0 Å². The molecule has 32 heavy (non-hydrogen) atoms. The first-order valence-corrected chi connectivity index (χ1v) is 12.3. The summed E-state index contributed by atoms with van der Waals surface area (Å²) in [7, 11) is 0. The third-order valence-corrected chi connectivity index (χ3v) is 7.00. The molecule has 2 aromatic rings. The highest BCUT2D eigenvalue weighted by Gasteiger charge is 2.41. The van der Waals surface area contributed by atoms with Gasteiger partial charge in [-0.2, -0.15) is 0 Å². The molecule has 0 aliphatic carbocycles. The van der Waals surface area contributed by atoms with Crippen LogP contribution in [-0.2, 0) is 11.3 Å². The predicted molar refractivity (Wildman–Crippen MR) is 133 cm³/mol. The third-order valence-electron chi connectivity index (χ3n) is 6.65. The highest BCUT2D eigenvalue weighted by Crippen LogP contribution is 2.41. The summed E-state index contributed by atoms with van der Waals surface area (Å²) >= 11 is 5.80. The second-order valence-corrected chi connectivity index (χ2v) is 9.85. The van der Waals surface area contributed by atoms with Crippen LogP contribution in [0.1, 0.15) is 55.0 Å². The number of aryl methyl sites for hydroxylation is 1. The molecular formula is C25H37N5OS. The van der Waals surface area contributed by atoms with Crippen LogP contribution in [-0.4, -0.2) is 63.9 Å². The average Bonchev–Trinajstić information content (AvgIpc) is 3.25. The van der Waals surface area contributed by atoms with E-state index in [0.717, 1.165) is 63.2 Å². The molecule has 0 saturated carbocycles. The van der Waals surface area contributed by atoms with Crippen molar-refractivity contribution in [1.29, 1.82) is 0 Å². The van der Waals surface area contributed by atoms with Crippen molar-refractivity contribution in [3.05, 3.63) is 53.1 Å². The fourth-order valence-electron chi connectivity index (χ4n) is 5.08. The van der Waals surface area contributed by atoms with Gasteiger partial charge in [-0.15, -0.1) is 0 Å². The SMILES string of the molecule is Cc1cc([C@H]2[C@H](c3ccccn3)NC(=S)N2CC(C)C)c(C)n1CCCN1CCOCC1. The van der Waals surface area contributed by atoms with Crippen molar-refractivity contribution in [2.45, 2.75) is 52.7 Å². The van der Waals surface area contributed by atoms with Gasteiger partial charge in [-0.3, -0.25) is 9.88 Å². The number of morpholine rings is 1. The molecule has 7 heteroatoms. The topological polar surface area (TPSA) is 45.6 Å². The van der Waals surface area contributed by atoms with Crippen molar-refractivity contribution < 1.29 is 4.74 Å². The molecule has 0 radical (unpaired) electrons. The molecule has 2 saturated heterocycles. The first-order chi connectivity index (χ1) is 15.5. The average molecular weight is 456 g/mol. The minimum Gasteiger partial charge on any atom is -0.379 e. The molecule has 2 fully saturated rings. The molecule has 0 unspecified atom stereocenters. The minimum absolute atomic E-state index is 0.0600. The molecule has 2 atom stereocenters. The molecule has 0 amide bonds. The molecule has 1 N–H and O–H groups in total. The molecule has 4 heterocycles. The number of pyridine rings is 1. The number of nitrogens with zero attached hydrogens (tertiary/aromatic N) is 4. The molecule has 4 rings (SSSR count). The summed E-state index contributed by atoms with van der Waals surface area (Å²) in [6.45, 7) is 15.9. The lowest BCUT2D eigenvalue weighted by Crippen LogP contribution is -2.37. The number of aromatic nitrogens is 2. The summed E-state index contributed by atoms with van der Waals surface area (Å²) in [5.74, 6) is 0.525. The third kappa shape index (κ3) is 5.00. The summed E-state index contributed by atoms with van der Waals surface area (Å²) in [4.78, 5) is 9.56. The molecule has 0 aromatic carbocycles. The van der Waals surface area contributed by atoms with Crippen molar-refractivity contribution in [1.82, 2.24) is 24.7 Å². The van der Waals surface area contributed by atoms with Crippen molar-refractivity contribution >= 4 is 17.3 Å². The van der Waals surface area contributed by atoms with E-state index in [0.29, 0.717) is 5.92 Å². The van der Waals surface area contributed by atoms with E-state index >= 15 is 0 Å². The summed E-state index contributed by atoms with van der Waals surface area (Å²) in [6, 6.07) is 8.72. The second kappa shape index (κ2) is 10.3. The molecule has 0 bridgehead atoms. The molecule has 0 spiro atoms. The first kappa shape index (κ1) is 23.2. The van der Waals surface area contributed by atoms with Crippen LogP contribution in [0, 0.1) is 19.8 Å². The maximum Gasteiger partial charge on any atom is 0.170 e. The quantitative estimate of drug-likeness (QED) is 0.610. The maximum atomic E-state index is 5.80. The summed E-state index contributed by atoms with van der Waals surface area (Å²) in [6.07, 6.45) is 3.02. The highest BCUT2D eigenvalue weighted by atomic mass is 32.1. The summed E-state index contributed by atoms with van der Waals surface area (Å²) in [5, 5.41) is 4.41. The number of nitrogens with one attached hydrogen (secondary N) is 1. The van der Waals surface area contributed by atoms with Crippen molar-refractivity contribution in [2.24, 2.45) is 5.92 Å². The Morgan fingerprint density at radius 1 is 1.19 bits per heavy atom. The monoisotopic (exact) mass is 455 g/mol. The van der Waals surface area contributed by atoms with Crippen LogP contribution < -0.4 is 5.32 Å². The van der Waals surface area contributed by atoms with E-state index in [1.165, 1.54) is 17.0 Å². The molecule has 2 aliphatic heterocycles. The van der Waals surface area contributed by atoms with Gasteiger partial charge in [-0.1, -0.05) is 19.9 Å². The van der Waals surface area contributed by atoms with Crippen LogP contribution in [0.3, 0.4) is 0 Å². The van der Waals surface area contributed by atoms with Gasteiger partial charge in [0, 0.05) is 50.3 Å². The van der Waals surface area contributed by atoms with E-state index in [-0.39, 0.29) is 12.1 Å². The molecule has 2 aliphatic rings. The standard InChI is InChI=1S/C25H37N5OS/c1-18(2)17-30-24(23(27-25(30)32)22-8-5-6-9-26-22)21-16-19(3)29(20(21)4)11-7-10-28-12-14-31-15-13-28/h5-6,8-9,16,18,23-24H,7,10-15,17H2,1-4H3,(H,27,32)/t23-,24-/m0/s1. The zero-order valence-electron chi connectivity index (χ0n) is 19.9. The van der Waals surface area contributed by atoms with Crippen LogP contribution in [0.15, 0.2) is 30.5 Å². The Labute approximate surface area is 197 Å². The van der Waals surface area contributed by atoms with Gasteiger partial charge < -0.3 is 19.5 Å². The number of rotatable bonds is 8. The van der Waals surface area contributed by atoms with Crippen molar-refractivity contribution in [3.63, 3.8) is 0 Å². The summed E-state index contributed by atoms with van der Waals surface area (Å²) in [5.41, 5.74) is 5.07. The van der Waals surface area contributed by atoms with Gasteiger partial charge in [0.15, 0.2) is 5.11 Å². The van der Waals surface area contributed by atoms with E-state index in [9.17, 15) is 0 Å². The zero-order valence-corrected chi connectivity index (χ0v) is 20.7. The van der Waals surface area contributed by atoms with E-state index in [4.69, 9.17) is 17.0 Å². The number of hydrogen-bond donors (Lipinski definition) is 1. The van der Waals surface area contributed by atoms with Gasteiger partial charge in [0.25, 0.3) is 0 Å². The lowest BCUT2D eigenvalue weighted by Gasteiger charge is -2.29. The fourth-order valence-corrected chi connectivity index (χ4v) is 5.40. The molecule has 6 nitrogen and oxygen atoms in total. The predicted octanol–water partition coefficient (Wildman–Crippen LogP) is 3.85. The Kier molecular flexibility index (Phi) is 7.48. The number of thiocarbonyl (C=S) groups is 1. The normalized spacial score (nSPS) is 22.0. The van der Waals surface area contributed by atoms with E-state index in [2.05, 4.69) is 70.6 Å². The maximum absolute atomic E-state index is 5.80. The van der Waals surface area contributed by atoms with Crippen LogP contribution >= 0.6 is 12.2 Å². The van der Waals surface area contributed by atoms with Gasteiger partial charge in [-0.05, 0) is 62.2 Å². The van der Waals surface area contributed by atoms with E-state index in [1.54, 1.807) is 0 Å². The Bertz CT molecular complexity index is 907. The van der Waals surface area contributed by atoms with Crippen molar-refractivity contribution in [2.75, 3.05) is 39.4 Å². The van der Waals surface area contributed by atoms with Crippen LogP contribution in [0.25, 0.3) is 0 Å². The van der Waals surface area contributed by atoms with Crippen LogP contribution in [0.2, 0.25) is 0 Å². The Balaban J connectivity index is 1.58. The zero-order chi connectivity index (χ0) is 22.7. The van der Waals surface area contributed by atoms with Gasteiger partial charge in [0.05, 0.1) is 31.0 Å². The lowest BCUT2D eigenvalue weighted by atomic mass is 9.96. The second-order valence-electron chi connectivity index (χ2n) is 9.46. The van der Waals surface area contributed by atoms with Crippen molar-refractivity contribution in [3.8, 4) is 0 Å². The van der Waals surface area contributed by atoms with Gasteiger partial charge in [-0.25, -0.2) is 0 Å². The summed E-state index contributed by atoms with van der Waals surface area (Å²) < 4.78 is 7.97. The highest BCUT2D eigenvalue weighted by molar-refractivity contribution is 7.80. The largest absolute Gasteiger partial charge is 0.379 e. The van der Waals surface area contributed by atoms with Gasteiger partial charge >= 0.3 is 0 Å².